The van der Waals surface area contributed by atoms with Crippen LogP contribution in [0.15, 0.2) is 48.5 Å². The van der Waals surface area contributed by atoms with Crippen LogP contribution in [0.1, 0.15) is 22.3 Å². The first-order chi connectivity index (χ1) is 11.4. The fourth-order valence-electron chi connectivity index (χ4n) is 4.94. The van der Waals surface area contributed by atoms with E-state index >= 15 is 0 Å². The van der Waals surface area contributed by atoms with Crippen LogP contribution in [0.2, 0.25) is 0 Å². The molecule has 1 saturated heterocycles. The Kier molecular flexibility index (Phi) is 3.10. The highest BCUT2D eigenvalue weighted by molar-refractivity contribution is 5.36. The van der Waals surface area contributed by atoms with Crippen LogP contribution in [0, 0.1) is 11.8 Å². The second kappa shape index (κ2) is 5.19. The minimum atomic E-state index is -0.391. The van der Waals surface area contributed by atoms with E-state index in [4.69, 9.17) is 9.47 Å². The van der Waals surface area contributed by atoms with E-state index in [9.17, 15) is 0 Å². The van der Waals surface area contributed by atoms with E-state index in [2.05, 4.69) is 48.5 Å². The summed E-state index contributed by atoms with van der Waals surface area (Å²) in [6, 6.07) is 17.8. The highest BCUT2D eigenvalue weighted by Crippen LogP contribution is 2.47. The molecule has 3 aliphatic rings. The van der Waals surface area contributed by atoms with Gasteiger partial charge >= 0.3 is 0 Å². The largest absolute Gasteiger partial charge is 0.347 e. The fourth-order valence-corrected chi connectivity index (χ4v) is 4.94. The molecule has 2 nitrogen and oxygen atoms in total. The number of rotatable bonds is 0. The second-order valence-corrected chi connectivity index (χ2v) is 7.17. The van der Waals surface area contributed by atoms with Gasteiger partial charge in [0.1, 0.15) is 0 Å². The van der Waals surface area contributed by atoms with Gasteiger partial charge in [0.05, 0.1) is 13.2 Å². The van der Waals surface area contributed by atoms with Crippen molar-refractivity contribution in [3.8, 4) is 0 Å². The maximum absolute atomic E-state index is 6.35. The maximum Gasteiger partial charge on any atom is 0.175 e. The van der Waals surface area contributed by atoms with Gasteiger partial charge in [-0.1, -0.05) is 48.5 Å². The number of hydrogen-bond acceptors (Lipinski definition) is 2. The Balaban J connectivity index is 1.66. The van der Waals surface area contributed by atoms with E-state index < -0.39 is 5.79 Å². The summed E-state index contributed by atoms with van der Waals surface area (Å²) < 4.78 is 12.7. The Labute approximate surface area is 137 Å². The summed E-state index contributed by atoms with van der Waals surface area (Å²) in [5, 5.41) is 0. The van der Waals surface area contributed by atoms with Gasteiger partial charge in [-0.05, 0) is 47.9 Å². The van der Waals surface area contributed by atoms with E-state index in [-0.39, 0.29) is 0 Å². The molecule has 118 valence electrons. The van der Waals surface area contributed by atoms with Crippen molar-refractivity contribution in [2.75, 3.05) is 13.2 Å². The highest BCUT2D eigenvalue weighted by Gasteiger charge is 2.53. The third-order valence-electron chi connectivity index (χ3n) is 5.98. The minimum absolute atomic E-state index is 0.391. The van der Waals surface area contributed by atoms with E-state index in [0.29, 0.717) is 11.8 Å². The Morgan fingerprint density at radius 2 is 0.957 bits per heavy atom. The lowest BCUT2D eigenvalue weighted by Gasteiger charge is -2.38. The molecule has 1 spiro atoms. The van der Waals surface area contributed by atoms with Gasteiger partial charge in [-0.3, -0.25) is 0 Å². The molecule has 0 N–H and O–H groups in total. The van der Waals surface area contributed by atoms with E-state index in [1.54, 1.807) is 0 Å². The Bertz CT molecular complexity index is 623. The third kappa shape index (κ3) is 2.09. The van der Waals surface area contributed by atoms with Gasteiger partial charge < -0.3 is 9.47 Å². The van der Waals surface area contributed by atoms with E-state index in [1.807, 2.05) is 0 Å². The zero-order chi connectivity index (χ0) is 15.3. The molecule has 5 rings (SSSR count). The molecule has 0 unspecified atom stereocenters. The highest BCUT2D eigenvalue weighted by atomic mass is 16.7. The predicted molar refractivity (Wildman–Crippen MR) is 89.3 cm³/mol. The molecule has 2 heteroatoms. The van der Waals surface area contributed by atoms with Crippen molar-refractivity contribution in [3.63, 3.8) is 0 Å². The van der Waals surface area contributed by atoms with Gasteiger partial charge in [-0.2, -0.15) is 0 Å². The first-order valence-electron chi connectivity index (χ1n) is 8.76. The number of ether oxygens (including phenoxy) is 2. The monoisotopic (exact) mass is 306 g/mol. The molecule has 0 radical (unpaired) electrons. The molecule has 0 aromatic heterocycles. The standard InChI is InChI=1S/C21H22O2/c1-2-6-16-12-20-14-18-8-4-3-7-17(18)13-19(11-15(16)5-1)21(20)22-9-10-23-21/h1-8,19-20H,9-14H2. The first kappa shape index (κ1) is 13.8. The Morgan fingerprint density at radius 1 is 0.609 bits per heavy atom. The summed E-state index contributed by atoms with van der Waals surface area (Å²) in [7, 11) is 0. The van der Waals surface area contributed by atoms with Gasteiger partial charge in [0.15, 0.2) is 5.79 Å². The molecule has 0 atom stereocenters. The smallest absolute Gasteiger partial charge is 0.175 e. The number of hydrogen-bond donors (Lipinski definition) is 0. The maximum atomic E-state index is 6.35. The van der Waals surface area contributed by atoms with Crippen LogP contribution in [0.3, 0.4) is 0 Å². The zero-order valence-electron chi connectivity index (χ0n) is 13.3. The van der Waals surface area contributed by atoms with Crippen molar-refractivity contribution in [1.29, 1.82) is 0 Å². The molecule has 23 heavy (non-hydrogen) atoms. The molecular weight excluding hydrogens is 284 g/mol. The summed E-state index contributed by atoms with van der Waals surface area (Å²) in [5.41, 5.74) is 5.94. The number of fused-ring (bicyclic) bond motifs is 2. The average Bonchev–Trinajstić information content (AvgIpc) is 2.99. The summed E-state index contributed by atoms with van der Waals surface area (Å²) in [5.74, 6) is 0.419. The molecule has 1 fully saturated rings. The summed E-state index contributed by atoms with van der Waals surface area (Å²) in [6.45, 7) is 1.47. The van der Waals surface area contributed by atoms with Gasteiger partial charge in [0.2, 0.25) is 0 Å². The lowest BCUT2D eigenvalue weighted by molar-refractivity contribution is -0.227. The Hall–Kier alpha value is -1.64. The molecule has 1 heterocycles. The lowest BCUT2D eigenvalue weighted by atomic mass is 9.83. The van der Waals surface area contributed by atoms with Crippen molar-refractivity contribution in [2.24, 2.45) is 11.8 Å². The molecule has 0 amide bonds. The van der Waals surface area contributed by atoms with Gasteiger partial charge in [-0.25, -0.2) is 0 Å². The van der Waals surface area contributed by atoms with Crippen molar-refractivity contribution in [1.82, 2.24) is 0 Å². The average molecular weight is 306 g/mol. The second-order valence-electron chi connectivity index (χ2n) is 7.17. The quantitative estimate of drug-likeness (QED) is 0.741. The normalized spacial score (nSPS) is 27.8. The molecule has 2 aromatic carbocycles. The topological polar surface area (TPSA) is 18.5 Å². The van der Waals surface area contributed by atoms with Crippen molar-refractivity contribution in [2.45, 2.75) is 31.5 Å². The third-order valence-corrected chi connectivity index (χ3v) is 5.98. The van der Waals surface area contributed by atoms with Gasteiger partial charge in [-0.15, -0.1) is 0 Å². The summed E-state index contributed by atoms with van der Waals surface area (Å²) in [6.07, 6.45) is 4.23. The van der Waals surface area contributed by atoms with Crippen LogP contribution in [0.4, 0.5) is 0 Å². The SMILES string of the molecule is c1ccc2c(c1)CC1Cc3ccccc3CC(C2)C12OCCO2. The van der Waals surface area contributed by atoms with Crippen molar-refractivity contribution >= 4 is 0 Å². The van der Waals surface area contributed by atoms with Crippen LogP contribution in [0.25, 0.3) is 0 Å². The summed E-state index contributed by atoms with van der Waals surface area (Å²) in [4.78, 5) is 0. The minimum Gasteiger partial charge on any atom is -0.347 e. The van der Waals surface area contributed by atoms with Gasteiger partial charge in [0.25, 0.3) is 0 Å². The van der Waals surface area contributed by atoms with Crippen LogP contribution in [0.5, 0.6) is 0 Å². The molecular formula is C21H22O2. The molecule has 0 saturated carbocycles. The molecule has 2 aromatic rings. The van der Waals surface area contributed by atoms with Crippen LogP contribution in [-0.4, -0.2) is 19.0 Å². The summed E-state index contributed by atoms with van der Waals surface area (Å²) >= 11 is 0. The van der Waals surface area contributed by atoms with Gasteiger partial charge in [0, 0.05) is 11.8 Å². The zero-order valence-corrected chi connectivity index (χ0v) is 13.3. The van der Waals surface area contributed by atoms with Crippen LogP contribution < -0.4 is 0 Å². The predicted octanol–water partition coefficient (Wildman–Crippen LogP) is 3.56. The first-order valence-corrected chi connectivity index (χ1v) is 8.76. The van der Waals surface area contributed by atoms with Crippen LogP contribution >= 0.6 is 0 Å². The fraction of sp³-hybridized carbons (Fsp3) is 0.429. The van der Waals surface area contributed by atoms with Crippen LogP contribution in [-0.2, 0) is 35.2 Å². The molecule has 2 bridgehead atoms. The number of benzene rings is 2. The molecule has 1 aliphatic heterocycles. The van der Waals surface area contributed by atoms with Crippen molar-refractivity contribution in [3.05, 3.63) is 70.8 Å². The van der Waals surface area contributed by atoms with E-state index in [1.165, 1.54) is 22.3 Å². The van der Waals surface area contributed by atoms with Crippen molar-refractivity contribution < 1.29 is 9.47 Å². The lowest BCUT2D eigenvalue weighted by Crippen LogP contribution is -2.47. The van der Waals surface area contributed by atoms with E-state index in [0.717, 1.165) is 38.9 Å². The Morgan fingerprint density at radius 3 is 1.30 bits per heavy atom. The molecule has 2 aliphatic carbocycles.